The van der Waals surface area contributed by atoms with Crippen molar-refractivity contribution in [1.29, 1.82) is 0 Å². The van der Waals surface area contributed by atoms with Crippen LogP contribution in [0.15, 0.2) is 71.6 Å². The van der Waals surface area contributed by atoms with Crippen molar-refractivity contribution in [3.8, 4) is 0 Å². The van der Waals surface area contributed by atoms with Crippen molar-refractivity contribution < 1.29 is 8.42 Å². The first kappa shape index (κ1) is 12.6. The average Bonchev–Trinajstić information content (AvgIpc) is 2.41. The molecule has 0 amide bonds. The van der Waals surface area contributed by atoms with Gasteiger partial charge in [0.05, 0.1) is 10.6 Å². The molecule has 2 rings (SSSR count). The Morgan fingerprint density at radius 2 is 1.39 bits per heavy atom. The molecule has 0 radical (unpaired) electrons. The van der Waals surface area contributed by atoms with E-state index in [0.717, 1.165) is 5.56 Å². The number of hydrogen-bond acceptors (Lipinski definition) is 2. The third-order valence-electron chi connectivity index (χ3n) is 2.53. The molecule has 0 bridgehead atoms. The second kappa shape index (κ2) is 5.65. The summed E-state index contributed by atoms with van der Waals surface area (Å²) < 4.78 is 23.9. The molecule has 2 nitrogen and oxygen atoms in total. The maximum absolute atomic E-state index is 12.0. The van der Waals surface area contributed by atoms with E-state index in [1.54, 1.807) is 36.4 Å². The maximum atomic E-state index is 12.0. The molecular formula is C15H14O2S. The minimum Gasteiger partial charge on any atom is -0.223 e. The molecule has 0 aliphatic carbocycles. The molecule has 0 aromatic heterocycles. The van der Waals surface area contributed by atoms with E-state index in [1.165, 1.54) is 0 Å². The molecule has 0 fully saturated rings. The monoisotopic (exact) mass is 258 g/mol. The van der Waals surface area contributed by atoms with Gasteiger partial charge < -0.3 is 0 Å². The Balaban J connectivity index is 2.09. The van der Waals surface area contributed by atoms with E-state index in [1.807, 2.05) is 36.4 Å². The van der Waals surface area contributed by atoms with Crippen LogP contribution in [0.3, 0.4) is 0 Å². The van der Waals surface area contributed by atoms with Crippen LogP contribution >= 0.6 is 0 Å². The predicted octanol–water partition coefficient (Wildman–Crippen LogP) is 3.17. The van der Waals surface area contributed by atoms with Crippen molar-refractivity contribution in [3.05, 3.63) is 72.3 Å². The summed E-state index contributed by atoms with van der Waals surface area (Å²) in [5, 5.41) is 0. The summed E-state index contributed by atoms with van der Waals surface area (Å²) in [6.07, 6.45) is 3.50. The molecule has 0 aliphatic rings. The molecule has 18 heavy (non-hydrogen) atoms. The molecule has 92 valence electrons. The van der Waals surface area contributed by atoms with Crippen LogP contribution in [0.25, 0.3) is 6.08 Å². The van der Waals surface area contributed by atoms with Crippen LogP contribution in [-0.4, -0.2) is 14.2 Å². The van der Waals surface area contributed by atoms with E-state index in [2.05, 4.69) is 0 Å². The Hall–Kier alpha value is -1.87. The summed E-state index contributed by atoms with van der Waals surface area (Å²) in [5.74, 6) is 0.0197. The standard InChI is InChI=1S/C15H14O2S/c16-18(17,15-11-5-2-6-12-15)13-7-10-14-8-3-1-4-9-14/h1-12H,13H2/b10-7-. The largest absolute Gasteiger partial charge is 0.223 e. The van der Waals surface area contributed by atoms with E-state index in [0.29, 0.717) is 4.90 Å². The quantitative estimate of drug-likeness (QED) is 0.844. The Morgan fingerprint density at radius 3 is 2.00 bits per heavy atom. The van der Waals surface area contributed by atoms with Gasteiger partial charge in [-0.3, -0.25) is 0 Å². The lowest BCUT2D eigenvalue weighted by molar-refractivity contribution is 0.599. The minimum atomic E-state index is -3.22. The van der Waals surface area contributed by atoms with Gasteiger partial charge in [-0.25, -0.2) is 8.42 Å². The Labute approximate surface area is 108 Å². The fourth-order valence-corrected chi connectivity index (χ4v) is 2.71. The molecule has 0 saturated carbocycles. The molecule has 0 N–H and O–H groups in total. The van der Waals surface area contributed by atoms with Gasteiger partial charge in [-0.2, -0.15) is 0 Å². The Kier molecular flexibility index (Phi) is 3.95. The van der Waals surface area contributed by atoms with Gasteiger partial charge in [-0.05, 0) is 17.7 Å². The molecule has 0 aliphatic heterocycles. The fourth-order valence-electron chi connectivity index (χ4n) is 1.60. The second-order valence-corrected chi connectivity index (χ2v) is 5.94. The van der Waals surface area contributed by atoms with E-state index < -0.39 is 9.84 Å². The summed E-state index contributed by atoms with van der Waals surface area (Å²) in [7, 11) is -3.22. The van der Waals surface area contributed by atoms with Gasteiger partial charge >= 0.3 is 0 Å². The normalized spacial score (nSPS) is 11.8. The van der Waals surface area contributed by atoms with Crippen molar-refractivity contribution in [2.45, 2.75) is 4.90 Å². The van der Waals surface area contributed by atoms with E-state index in [9.17, 15) is 8.42 Å². The first-order valence-electron chi connectivity index (χ1n) is 5.68. The maximum Gasteiger partial charge on any atom is 0.181 e. The summed E-state index contributed by atoms with van der Waals surface area (Å²) >= 11 is 0. The van der Waals surface area contributed by atoms with Crippen molar-refractivity contribution in [1.82, 2.24) is 0 Å². The lowest BCUT2D eigenvalue weighted by Gasteiger charge is -2.00. The summed E-state index contributed by atoms with van der Waals surface area (Å²) in [5.41, 5.74) is 1.00. The van der Waals surface area contributed by atoms with Crippen LogP contribution in [0.1, 0.15) is 5.56 Å². The summed E-state index contributed by atoms with van der Waals surface area (Å²) in [6.45, 7) is 0. The molecule has 2 aromatic rings. The molecule has 0 heterocycles. The van der Waals surface area contributed by atoms with Crippen molar-refractivity contribution >= 4 is 15.9 Å². The van der Waals surface area contributed by atoms with Crippen molar-refractivity contribution in [2.24, 2.45) is 0 Å². The van der Waals surface area contributed by atoms with Gasteiger partial charge in [0, 0.05) is 0 Å². The highest BCUT2D eigenvalue weighted by Crippen LogP contribution is 2.11. The molecule has 0 atom stereocenters. The molecule has 0 saturated heterocycles. The SMILES string of the molecule is O=S(=O)(C/C=C\c1ccccc1)c1ccccc1. The first-order valence-corrected chi connectivity index (χ1v) is 7.33. The van der Waals surface area contributed by atoms with Crippen LogP contribution in [0.5, 0.6) is 0 Å². The van der Waals surface area contributed by atoms with Gasteiger partial charge in [0.15, 0.2) is 9.84 Å². The van der Waals surface area contributed by atoms with Gasteiger partial charge in [-0.15, -0.1) is 0 Å². The third kappa shape index (κ3) is 3.31. The van der Waals surface area contributed by atoms with Crippen LogP contribution < -0.4 is 0 Å². The van der Waals surface area contributed by atoms with Crippen molar-refractivity contribution in [3.63, 3.8) is 0 Å². The highest BCUT2D eigenvalue weighted by molar-refractivity contribution is 7.91. The second-order valence-electron chi connectivity index (χ2n) is 3.91. The van der Waals surface area contributed by atoms with Gasteiger partial charge in [0.2, 0.25) is 0 Å². The summed E-state index contributed by atoms with van der Waals surface area (Å²) in [6, 6.07) is 18.1. The lowest BCUT2D eigenvalue weighted by Crippen LogP contribution is -2.04. The average molecular weight is 258 g/mol. The molecular weight excluding hydrogens is 244 g/mol. The predicted molar refractivity (Wildman–Crippen MR) is 74.0 cm³/mol. The first-order chi connectivity index (χ1) is 8.68. The number of sulfone groups is 1. The summed E-state index contributed by atoms with van der Waals surface area (Å²) in [4.78, 5) is 0.364. The van der Waals surface area contributed by atoms with Crippen molar-refractivity contribution in [2.75, 3.05) is 5.75 Å². The number of benzene rings is 2. The van der Waals surface area contributed by atoms with Crippen LogP contribution in [0, 0.1) is 0 Å². The highest BCUT2D eigenvalue weighted by Gasteiger charge is 2.10. The van der Waals surface area contributed by atoms with Gasteiger partial charge in [-0.1, -0.05) is 60.7 Å². The number of hydrogen-bond donors (Lipinski definition) is 0. The zero-order chi connectivity index (χ0) is 12.8. The van der Waals surface area contributed by atoms with Gasteiger partial charge in [0.25, 0.3) is 0 Å². The van der Waals surface area contributed by atoms with Gasteiger partial charge in [0.1, 0.15) is 0 Å². The van der Waals surface area contributed by atoms with E-state index >= 15 is 0 Å². The van der Waals surface area contributed by atoms with Crippen LogP contribution in [-0.2, 0) is 9.84 Å². The third-order valence-corrected chi connectivity index (χ3v) is 4.15. The number of rotatable bonds is 4. The lowest BCUT2D eigenvalue weighted by atomic mass is 10.2. The fraction of sp³-hybridized carbons (Fsp3) is 0.0667. The molecule has 3 heteroatoms. The highest BCUT2D eigenvalue weighted by atomic mass is 32.2. The topological polar surface area (TPSA) is 34.1 Å². The Morgan fingerprint density at radius 1 is 0.833 bits per heavy atom. The zero-order valence-electron chi connectivity index (χ0n) is 9.86. The molecule has 0 spiro atoms. The molecule has 2 aromatic carbocycles. The van der Waals surface area contributed by atoms with E-state index in [-0.39, 0.29) is 5.75 Å². The van der Waals surface area contributed by atoms with E-state index in [4.69, 9.17) is 0 Å². The molecule has 0 unspecified atom stereocenters. The Bertz CT molecular complexity index is 614. The van der Waals surface area contributed by atoms with Crippen LogP contribution in [0.2, 0.25) is 0 Å². The van der Waals surface area contributed by atoms with Crippen LogP contribution in [0.4, 0.5) is 0 Å². The zero-order valence-corrected chi connectivity index (χ0v) is 10.7. The smallest absolute Gasteiger partial charge is 0.181 e. The minimum absolute atomic E-state index is 0.0197.